The highest BCUT2D eigenvalue weighted by molar-refractivity contribution is 6.29. The fraction of sp³-hybridized carbons (Fsp3) is 0.333. The van der Waals surface area contributed by atoms with Crippen LogP contribution in [0.2, 0.25) is 5.22 Å². The summed E-state index contributed by atoms with van der Waals surface area (Å²) in [7, 11) is 0. The van der Waals surface area contributed by atoms with E-state index >= 15 is 0 Å². The van der Waals surface area contributed by atoms with Crippen LogP contribution in [0.25, 0.3) is 0 Å². The van der Waals surface area contributed by atoms with Gasteiger partial charge in [0.2, 0.25) is 0 Å². The van der Waals surface area contributed by atoms with Gasteiger partial charge in [0.25, 0.3) is 5.91 Å². The summed E-state index contributed by atoms with van der Waals surface area (Å²) < 4.78 is 4.86. The van der Waals surface area contributed by atoms with Gasteiger partial charge >= 0.3 is 5.97 Å². The highest BCUT2D eigenvalue weighted by atomic mass is 35.5. The second kappa shape index (κ2) is 4.84. The number of hydrogen-bond donors (Lipinski definition) is 2. The van der Waals surface area contributed by atoms with Crippen molar-refractivity contribution >= 4 is 23.5 Å². The van der Waals surface area contributed by atoms with Gasteiger partial charge < -0.3 is 14.8 Å². The first-order valence-corrected chi connectivity index (χ1v) is 4.65. The molecule has 0 aliphatic heterocycles. The van der Waals surface area contributed by atoms with Crippen molar-refractivity contribution in [3.8, 4) is 0 Å². The van der Waals surface area contributed by atoms with Crippen LogP contribution in [0.4, 0.5) is 0 Å². The molecular formula is C9H10ClNO4. The van der Waals surface area contributed by atoms with Crippen LogP contribution in [0, 0.1) is 0 Å². The molecule has 0 fully saturated rings. The third kappa shape index (κ3) is 3.63. The Morgan fingerprint density at radius 1 is 1.60 bits per heavy atom. The van der Waals surface area contributed by atoms with Crippen molar-refractivity contribution in [1.82, 2.24) is 5.32 Å². The molecule has 1 atom stereocenters. The molecule has 1 aromatic rings. The molecule has 5 nitrogen and oxygen atoms in total. The van der Waals surface area contributed by atoms with E-state index in [9.17, 15) is 9.59 Å². The number of amides is 1. The molecule has 0 unspecified atom stereocenters. The maximum Gasteiger partial charge on any atom is 0.305 e. The smallest absolute Gasteiger partial charge is 0.305 e. The lowest BCUT2D eigenvalue weighted by Gasteiger charge is -2.09. The molecule has 0 spiro atoms. The van der Waals surface area contributed by atoms with Gasteiger partial charge in [-0.2, -0.15) is 0 Å². The van der Waals surface area contributed by atoms with Crippen molar-refractivity contribution in [3.63, 3.8) is 0 Å². The molecule has 6 heteroatoms. The average molecular weight is 232 g/mol. The van der Waals surface area contributed by atoms with Crippen LogP contribution in [0.3, 0.4) is 0 Å². The number of carboxylic acid groups (broad SMARTS) is 1. The molecule has 2 N–H and O–H groups in total. The van der Waals surface area contributed by atoms with Gasteiger partial charge in [0.15, 0.2) is 11.0 Å². The van der Waals surface area contributed by atoms with Crippen molar-refractivity contribution < 1.29 is 19.1 Å². The summed E-state index contributed by atoms with van der Waals surface area (Å²) in [6.07, 6.45) is -0.139. The van der Waals surface area contributed by atoms with E-state index in [4.69, 9.17) is 21.1 Å². The summed E-state index contributed by atoms with van der Waals surface area (Å²) >= 11 is 5.48. The van der Waals surface area contributed by atoms with Crippen molar-refractivity contribution in [3.05, 3.63) is 23.1 Å². The van der Waals surface area contributed by atoms with Gasteiger partial charge in [0.05, 0.1) is 6.42 Å². The van der Waals surface area contributed by atoms with Gasteiger partial charge in [0, 0.05) is 6.04 Å². The molecule has 0 bridgehead atoms. The van der Waals surface area contributed by atoms with E-state index in [1.165, 1.54) is 12.1 Å². The highest BCUT2D eigenvalue weighted by Gasteiger charge is 2.15. The SMILES string of the molecule is C[C@H](CC(=O)O)NC(=O)c1ccc(Cl)o1. The summed E-state index contributed by atoms with van der Waals surface area (Å²) in [5.41, 5.74) is 0. The number of rotatable bonds is 4. The van der Waals surface area contributed by atoms with E-state index < -0.39 is 17.9 Å². The molecule has 1 amide bonds. The molecule has 15 heavy (non-hydrogen) atoms. The van der Waals surface area contributed by atoms with Gasteiger partial charge in [-0.1, -0.05) is 0 Å². The maximum absolute atomic E-state index is 11.4. The maximum atomic E-state index is 11.4. The molecule has 82 valence electrons. The number of carbonyl (C=O) groups excluding carboxylic acids is 1. The van der Waals surface area contributed by atoms with Crippen molar-refractivity contribution in [2.75, 3.05) is 0 Å². The van der Waals surface area contributed by atoms with Gasteiger partial charge in [-0.15, -0.1) is 0 Å². The topological polar surface area (TPSA) is 79.5 Å². The molecule has 0 aliphatic carbocycles. The Hall–Kier alpha value is -1.49. The zero-order chi connectivity index (χ0) is 11.4. The second-order valence-electron chi connectivity index (χ2n) is 3.08. The third-order valence-electron chi connectivity index (χ3n) is 1.66. The first-order chi connectivity index (χ1) is 6.99. The number of nitrogens with one attached hydrogen (secondary N) is 1. The Labute approximate surface area is 91.0 Å². The minimum absolute atomic E-state index is 0.0669. The predicted molar refractivity (Wildman–Crippen MR) is 52.9 cm³/mol. The van der Waals surface area contributed by atoms with Gasteiger partial charge in [-0.25, -0.2) is 0 Å². The number of aliphatic carboxylic acids is 1. The van der Waals surface area contributed by atoms with Crippen LogP contribution in [0.1, 0.15) is 23.9 Å². The molecule has 0 saturated heterocycles. The quantitative estimate of drug-likeness (QED) is 0.824. The van der Waals surface area contributed by atoms with E-state index in [0.717, 1.165) is 0 Å². The first-order valence-electron chi connectivity index (χ1n) is 4.27. The largest absolute Gasteiger partial charge is 0.481 e. The molecule has 1 aromatic heterocycles. The molecule has 0 aliphatic rings. The number of furan rings is 1. The average Bonchev–Trinajstić information content (AvgIpc) is 2.49. The van der Waals surface area contributed by atoms with Gasteiger partial charge in [-0.3, -0.25) is 9.59 Å². The van der Waals surface area contributed by atoms with Crippen LogP contribution in [0.15, 0.2) is 16.5 Å². The normalized spacial score (nSPS) is 12.1. The Morgan fingerprint density at radius 2 is 2.27 bits per heavy atom. The minimum atomic E-state index is -0.972. The highest BCUT2D eigenvalue weighted by Crippen LogP contribution is 2.13. The Morgan fingerprint density at radius 3 is 2.73 bits per heavy atom. The lowest BCUT2D eigenvalue weighted by atomic mass is 10.2. The van der Waals surface area contributed by atoms with Crippen molar-refractivity contribution in [1.29, 1.82) is 0 Å². The Balaban J connectivity index is 2.52. The zero-order valence-electron chi connectivity index (χ0n) is 7.99. The van der Waals surface area contributed by atoms with Crippen LogP contribution in [0.5, 0.6) is 0 Å². The summed E-state index contributed by atoms with van der Waals surface area (Å²) in [5, 5.41) is 11.1. The summed E-state index contributed by atoms with van der Waals surface area (Å²) in [4.78, 5) is 21.7. The molecule has 1 rings (SSSR count). The van der Waals surface area contributed by atoms with Crippen LogP contribution >= 0.6 is 11.6 Å². The van der Waals surface area contributed by atoms with E-state index in [0.29, 0.717) is 0 Å². The lowest BCUT2D eigenvalue weighted by Crippen LogP contribution is -2.33. The second-order valence-corrected chi connectivity index (χ2v) is 3.45. The van der Waals surface area contributed by atoms with Crippen molar-refractivity contribution in [2.24, 2.45) is 0 Å². The summed E-state index contributed by atoms with van der Waals surface area (Å²) in [5.74, 6) is -1.38. The fourth-order valence-electron chi connectivity index (χ4n) is 1.04. The van der Waals surface area contributed by atoms with E-state index in [2.05, 4.69) is 5.32 Å². The van der Waals surface area contributed by atoms with Crippen LogP contribution in [-0.2, 0) is 4.79 Å². The Kier molecular flexibility index (Phi) is 3.74. The monoisotopic (exact) mass is 231 g/mol. The van der Waals surface area contributed by atoms with E-state index in [1.807, 2.05) is 0 Å². The van der Waals surface area contributed by atoms with Gasteiger partial charge in [-0.05, 0) is 30.7 Å². The Bertz CT molecular complexity index is 374. The minimum Gasteiger partial charge on any atom is -0.481 e. The molecule has 0 aromatic carbocycles. The van der Waals surface area contributed by atoms with Crippen LogP contribution < -0.4 is 5.32 Å². The van der Waals surface area contributed by atoms with E-state index in [-0.39, 0.29) is 17.4 Å². The lowest BCUT2D eigenvalue weighted by molar-refractivity contribution is -0.137. The van der Waals surface area contributed by atoms with E-state index in [1.54, 1.807) is 6.92 Å². The zero-order valence-corrected chi connectivity index (χ0v) is 8.75. The van der Waals surface area contributed by atoms with Crippen molar-refractivity contribution in [2.45, 2.75) is 19.4 Å². The molecule has 1 heterocycles. The number of halogens is 1. The molecule has 0 saturated carbocycles. The summed E-state index contributed by atoms with van der Waals surface area (Å²) in [6, 6.07) is 2.41. The molecular weight excluding hydrogens is 222 g/mol. The summed E-state index contributed by atoms with van der Waals surface area (Å²) in [6.45, 7) is 1.59. The number of carbonyl (C=O) groups is 2. The van der Waals surface area contributed by atoms with Crippen LogP contribution in [-0.4, -0.2) is 23.0 Å². The van der Waals surface area contributed by atoms with Gasteiger partial charge in [0.1, 0.15) is 0 Å². The predicted octanol–water partition coefficient (Wildman–Crippen LogP) is 1.53. The fourth-order valence-corrected chi connectivity index (χ4v) is 1.19. The first kappa shape index (κ1) is 11.6. The third-order valence-corrected chi connectivity index (χ3v) is 1.86. The molecule has 0 radical (unpaired) electrons. The number of carboxylic acids is 1. The number of hydrogen-bond acceptors (Lipinski definition) is 3. The standard InChI is InChI=1S/C9H10ClNO4/c1-5(4-8(12)13)11-9(14)6-2-3-7(10)15-6/h2-3,5H,4H2,1H3,(H,11,14)(H,12,13)/t5-/m1/s1.